The van der Waals surface area contributed by atoms with Crippen molar-refractivity contribution in [1.29, 1.82) is 0 Å². The van der Waals surface area contributed by atoms with Crippen molar-refractivity contribution in [3.8, 4) is 17.0 Å². The Labute approximate surface area is 125 Å². The van der Waals surface area contributed by atoms with Crippen LogP contribution in [-0.4, -0.2) is 23.6 Å². The summed E-state index contributed by atoms with van der Waals surface area (Å²) in [6.07, 6.45) is 0.971. The van der Waals surface area contributed by atoms with E-state index in [1.165, 1.54) is 5.56 Å². The van der Waals surface area contributed by atoms with E-state index >= 15 is 0 Å². The molecule has 3 rings (SSSR count). The maximum absolute atomic E-state index is 5.57. The molecule has 1 aliphatic heterocycles. The molecule has 0 radical (unpaired) electrons. The van der Waals surface area contributed by atoms with Gasteiger partial charge in [0, 0.05) is 30.5 Å². The number of hydrogen-bond acceptors (Lipinski definition) is 4. The number of anilines is 1. The van der Waals surface area contributed by atoms with Gasteiger partial charge in [-0.25, -0.2) is 9.97 Å². The van der Waals surface area contributed by atoms with E-state index in [1.807, 2.05) is 19.2 Å². The average molecular weight is 283 g/mol. The van der Waals surface area contributed by atoms with Gasteiger partial charge < -0.3 is 10.1 Å². The van der Waals surface area contributed by atoms with Crippen LogP contribution >= 0.6 is 0 Å². The first-order chi connectivity index (χ1) is 9.97. The predicted molar refractivity (Wildman–Crippen MR) is 84.9 cm³/mol. The fourth-order valence-corrected chi connectivity index (χ4v) is 2.40. The minimum absolute atomic E-state index is 0.0819. The Morgan fingerprint density at radius 3 is 2.67 bits per heavy atom. The second-order valence-corrected chi connectivity index (χ2v) is 6.38. The van der Waals surface area contributed by atoms with Crippen molar-refractivity contribution in [3.05, 3.63) is 35.7 Å². The van der Waals surface area contributed by atoms with Crippen molar-refractivity contribution in [2.75, 3.05) is 19.0 Å². The largest absolute Gasteiger partial charge is 0.493 e. The van der Waals surface area contributed by atoms with Gasteiger partial charge in [0.15, 0.2) is 0 Å². The van der Waals surface area contributed by atoms with E-state index in [0.717, 1.165) is 41.7 Å². The van der Waals surface area contributed by atoms with E-state index in [2.05, 4.69) is 43.2 Å². The Kier molecular flexibility index (Phi) is 3.32. The van der Waals surface area contributed by atoms with Gasteiger partial charge >= 0.3 is 0 Å². The minimum atomic E-state index is -0.0819. The zero-order valence-electron chi connectivity index (χ0n) is 13.0. The lowest BCUT2D eigenvalue weighted by Gasteiger charge is -2.18. The van der Waals surface area contributed by atoms with Crippen LogP contribution in [0.15, 0.2) is 24.3 Å². The zero-order chi connectivity index (χ0) is 15.0. The molecular formula is C17H21N3O. The minimum Gasteiger partial charge on any atom is -0.493 e. The number of nitrogens with zero attached hydrogens (tertiary/aromatic N) is 2. The van der Waals surface area contributed by atoms with Gasteiger partial charge in [0.25, 0.3) is 0 Å². The van der Waals surface area contributed by atoms with Gasteiger partial charge in [-0.15, -0.1) is 0 Å². The molecule has 0 unspecified atom stereocenters. The van der Waals surface area contributed by atoms with Crippen molar-refractivity contribution in [1.82, 2.24) is 9.97 Å². The smallest absolute Gasteiger partial charge is 0.136 e. The molecule has 0 saturated carbocycles. The summed E-state index contributed by atoms with van der Waals surface area (Å²) in [4.78, 5) is 9.33. The quantitative estimate of drug-likeness (QED) is 0.917. The van der Waals surface area contributed by atoms with E-state index in [0.29, 0.717) is 0 Å². The van der Waals surface area contributed by atoms with Gasteiger partial charge in [-0.3, -0.25) is 0 Å². The van der Waals surface area contributed by atoms with Crippen LogP contribution in [0.25, 0.3) is 11.3 Å². The van der Waals surface area contributed by atoms with Crippen LogP contribution in [0.5, 0.6) is 5.75 Å². The highest BCUT2D eigenvalue weighted by atomic mass is 16.5. The van der Waals surface area contributed by atoms with Crippen LogP contribution in [-0.2, 0) is 11.8 Å². The molecular weight excluding hydrogens is 262 g/mol. The predicted octanol–water partition coefficient (Wildman–Crippen LogP) is 3.42. The summed E-state index contributed by atoms with van der Waals surface area (Å²) in [6.45, 7) is 7.16. The van der Waals surface area contributed by atoms with Crippen molar-refractivity contribution >= 4 is 5.82 Å². The Morgan fingerprint density at radius 2 is 1.95 bits per heavy atom. The lowest BCUT2D eigenvalue weighted by atomic mass is 9.95. The highest BCUT2D eigenvalue weighted by molar-refractivity contribution is 5.65. The molecule has 0 amide bonds. The summed E-state index contributed by atoms with van der Waals surface area (Å²) in [5.74, 6) is 2.69. The lowest BCUT2D eigenvalue weighted by molar-refractivity contribution is 0.357. The first kappa shape index (κ1) is 13.9. The number of fused-ring (bicyclic) bond motifs is 1. The standard InChI is InChI=1S/C17H21N3O/c1-17(2,3)16-19-13(10-15(18-4)20-16)11-5-6-14-12(9-11)7-8-21-14/h5-6,9-10H,7-8H2,1-4H3,(H,18,19,20). The Morgan fingerprint density at radius 1 is 1.14 bits per heavy atom. The van der Waals surface area contributed by atoms with Gasteiger partial charge in [-0.2, -0.15) is 0 Å². The molecule has 0 saturated heterocycles. The summed E-state index contributed by atoms with van der Waals surface area (Å²) in [5, 5.41) is 3.13. The molecule has 2 aromatic rings. The van der Waals surface area contributed by atoms with E-state index in [-0.39, 0.29) is 5.41 Å². The Hall–Kier alpha value is -2.10. The van der Waals surface area contributed by atoms with E-state index in [4.69, 9.17) is 9.72 Å². The molecule has 0 aliphatic carbocycles. The fourth-order valence-electron chi connectivity index (χ4n) is 2.40. The molecule has 21 heavy (non-hydrogen) atoms. The van der Waals surface area contributed by atoms with Crippen LogP contribution in [0, 0.1) is 0 Å². The SMILES string of the molecule is CNc1cc(-c2ccc3c(c2)CCO3)nc(C(C)(C)C)n1. The third-order valence-electron chi connectivity index (χ3n) is 3.64. The van der Waals surface area contributed by atoms with E-state index in [1.54, 1.807) is 0 Å². The van der Waals surface area contributed by atoms with Crippen molar-refractivity contribution in [3.63, 3.8) is 0 Å². The third kappa shape index (κ3) is 2.71. The Bertz CT molecular complexity index is 674. The third-order valence-corrected chi connectivity index (χ3v) is 3.64. The maximum Gasteiger partial charge on any atom is 0.136 e. The van der Waals surface area contributed by atoms with Crippen LogP contribution in [0.2, 0.25) is 0 Å². The molecule has 0 fully saturated rings. The number of hydrogen-bond donors (Lipinski definition) is 1. The average Bonchev–Trinajstić information content (AvgIpc) is 2.93. The van der Waals surface area contributed by atoms with E-state index < -0.39 is 0 Å². The second-order valence-electron chi connectivity index (χ2n) is 6.38. The first-order valence-electron chi connectivity index (χ1n) is 7.31. The number of rotatable bonds is 2. The molecule has 4 nitrogen and oxygen atoms in total. The number of benzene rings is 1. The molecule has 4 heteroatoms. The van der Waals surface area contributed by atoms with Gasteiger partial charge in [0.2, 0.25) is 0 Å². The van der Waals surface area contributed by atoms with Gasteiger partial charge in [-0.1, -0.05) is 20.8 Å². The van der Waals surface area contributed by atoms with Crippen LogP contribution in [0.1, 0.15) is 32.2 Å². The summed E-state index contributed by atoms with van der Waals surface area (Å²) in [5.41, 5.74) is 3.24. The van der Waals surface area contributed by atoms with Crippen LogP contribution in [0.4, 0.5) is 5.82 Å². The number of ether oxygens (including phenoxy) is 1. The van der Waals surface area contributed by atoms with Crippen LogP contribution in [0.3, 0.4) is 0 Å². The molecule has 1 N–H and O–H groups in total. The van der Waals surface area contributed by atoms with Gasteiger partial charge in [0.1, 0.15) is 17.4 Å². The van der Waals surface area contributed by atoms with Gasteiger partial charge in [0.05, 0.1) is 12.3 Å². The topological polar surface area (TPSA) is 47.0 Å². The molecule has 1 aliphatic rings. The summed E-state index contributed by atoms with van der Waals surface area (Å²) in [6, 6.07) is 8.28. The molecule has 1 aromatic heterocycles. The maximum atomic E-state index is 5.57. The molecule has 2 heterocycles. The highest BCUT2D eigenvalue weighted by Crippen LogP contribution is 2.31. The molecule has 1 aromatic carbocycles. The molecule has 110 valence electrons. The van der Waals surface area contributed by atoms with Crippen molar-refractivity contribution in [2.45, 2.75) is 32.6 Å². The van der Waals surface area contributed by atoms with Gasteiger partial charge in [-0.05, 0) is 23.8 Å². The number of aromatic nitrogens is 2. The molecule has 0 spiro atoms. The summed E-state index contributed by atoms with van der Waals surface area (Å²) in [7, 11) is 1.88. The van der Waals surface area contributed by atoms with E-state index in [9.17, 15) is 0 Å². The summed E-state index contributed by atoms with van der Waals surface area (Å²) >= 11 is 0. The first-order valence-corrected chi connectivity index (χ1v) is 7.31. The monoisotopic (exact) mass is 283 g/mol. The van der Waals surface area contributed by atoms with Crippen molar-refractivity contribution < 1.29 is 4.74 Å². The zero-order valence-corrected chi connectivity index (χ0v) is 13.0. The normalized spacial score (nSPS) is 13.7. The fraction of sp³-hybridized carbons (Fsp3) is 0.412. The van der Waals surface area contributed by atoms with Crippen molar-refractivity contribution in [2.24, 2.45) is 0 Å². The summed E-state index contributed by atoms with van der Waals surface area (Å²) < 4.78 is 5.57. The highest BCUT2D eigenvalue weighted by Gasteiger charge is 2.20. The number of nitrogens with one attached hydrogen (secondary N) is 1. The Balaban J connectivity index is 2.09. The molecule has 0 atom stereocenters. The molecule has 0 bridgehead atoms. The lowest BCUT2D eigenvalue weighted by Crippen LogP contribution is -2.17. The van der Waals surface area contributed by atoms with Crippen LogP contribution < -0.4 is 10.1 Å². The second kappa shape index (κ2) is 5.02.